The van der Waals surface area contributed by atoms with E-state index in [1.54, 1.807) is 6.08 Å². The van der Waals surface area contributed by atoms with E-state index in [4.69, 9.17) is 4.42 Å². The Hall–Kier alpha value is -3.23. The van der Waals surface area contributed by atoms with Crippen LogP contribution < -0.4 is 5.32 Å². The molecule has 2 N–H and O–H groups in total. The van der Waals surface area contributed by atoms with Gasteiger partial charge in [0, 0.05) is 6.08 Å². The van der Waals surface area contributed by atoms with Crippen molar-refractivity contribution >= 4 is 57.4 Å². The van der Waals surface area contributed by atoms with Gasteiger partial charge in [-0.2, -0.15) is 0 Å². The van der Waals surface area contributed by atoms with Crippen LogP contribution in [0.2, 0.25) is 0 Å². The summed E-state index contributed by atoms with van der Waals surface area (Å²) >= 11 is 2.71. The largest absolute Gasteiger partial charge is 0.450 e. The summed E-state index contributed by atoms with van der Waals surface area (Å²) in [5.74, 6) is 0.417. The molecule has 0 unspecified atom stereocenters. The van der Waals surface area contributed by atoms with Gasteiger partial charge in [-0.05, 0) is 84.9 Å². The van der Waals surface area contributed by atoms with Gasteiger partial charge in [-0.3, -0.25) is 4.79 Å². The highest BCUT2D eigenvalue weighted by atomic mass is 32.2. The van der Waals surface area contributed by atoms with Crippen molar-refractivity contribution in [3.05, 3.63) is 76.4 Å². The third kappa shape index (κ3) is 4.45. The van der Waals surface area contributed by atoms with Gasteiger partial charge in [0.05, 0.1) is 21.6 Å². The van der Waals surface area contributed by atoms with Crippen LogP contribution in [0, 0.1) is 13.8 Å². The second-order valence-corrected chi connectivity index (χ2v) is 9.17. The molecule has 1 fully saturated rings. The van der Waals surface area contributed by atoms with E-state index in [9.17, 15) is 4.79 Å². The summed E-state index contributed by atoms with van der Waals surface area (Å²) in [7, 11) is 0. The normalized spacial score (nSPS) is 16.5. The smallest absolute Gasteiger partial charge is 0.264 e. The van der Waals surface area contributed by atoms with Gasteiger partial charge in [0.15, 0.2) is 15.4 Å². The van der Waals surface area contributed by atoms with Gasteiger partial charge in [0.25, 0.3) is 5.91 Å². The zero-order chi connectivity index (χ0) is 21.4. The molecule has 5 rings (SSSR count). The van der Waals surface area contributed by atoms with Crippen molar-refractivity contribution in [2.75, 3.05) is 0 Å². The van der Waals surface area contributed by atoms with E-state index >= 15 is 0 Å². The van der Waals surface area contributed by atoms with Crippen LogP contribution in [0.25, 0.3) is 17.1 Å². The van der Waals surface area contributed by atoms with Crippen LogP contribution in [0.3, 0.4) is 0 Å². The number of para-hydroxylation sites is 2. The maximum Gasteiger partial charge on any atom is 0.264 e. The Morgan fingerprint density at radius 1 is 1.10 bits per heavy atom. The number of imidazole rings is 1. The average molecular weight is 447 g/mol. The summed E-state index contributed by atoms with van der Waals surface area (Å²) in [5.41, 5.74) is 4.98. The third-order valence-electron chi connectivity index (χ3n) is 4.53. The third-order valence-corrected chi connectivity index (χ3v) is 6.25. The quantitative estimate of drug-likeness (QED) is 0.386. The summed E-state index contributed by atoms with van der Waals surface area (Å²) in [5, 5.41) is 4.83. The molecule has 2 aromatic heterocycles. The number of thioether (sulfide) groups is 1. The molecule has 1 aliphatic heterocycles. The fourth-order valence-electron chi connectivity index (χ4n) is 3.28. The van der Waals surface area contributed by atoms with Crippen LogP contribution in [0.15, 0.2) is 79.2 Å². The molecule has 0 saturated carbocycles. The first kappa shape index (κ1) is 19.7. The van der Waals surface area contributed by atoms with E-state index in [0.717, 1.165) is 33.0 Å². The number of nitrogens with zero attached hydrogens (tertiary/aromatic N) is 2. The minimum absolute atomic E-state index is 0.184. The van der Waals surface area contributed by atoms with E-state index in [1.807, 2.05) is 62.4 Å². The zero-order valence-corrected chi connectivity index (χ0v) is 18.4. The molecule has 3 heterocycles. The molecule has 8 heteroatoms. The second-order valence-electron chi connectivity index (χ2n) is 7.15. The average Bonchev–Trinajstić information content (AvgIpc) is 3.40. The number of fused-ring (bicyclic) bond motifs is 1. The summed E-state index contributed by atoms with van der Waals surface area (Å²) < 4.78 is 5.87. The first-order valence-electron chi connectivity index (χ1n) is 9.62. The van der Waals surface area contributed by atoms with Gasteiger partial charge >= 0.3 is 0 Å². The highest BCUT2D eigenvalue weighted by molar-refractivity contribution is 8.18. The predicted molar refractivity (Wildman–Crippen MR) is 126 cm³/mol. The number of nitrogens with one attached hydrogen (secondary N) is 2. The highest BCUT2D eigenvalue weighted by Gasteiger charge is 2.24. The van der Waals surface area contributed by atoms with Crippen LogP contribution in [-0.2, 0) is 4.79 Å². The van der Waals surface area contributed by atoms with Gasteiger partial charge in [-0.1, -0.05) is 18.2 Å². The van der Waals surface area contributed by atoms with E-state index in [0.29, 0.717) is 20.9 Å². The number of H-pyrrole nitrogens is 1. The van der Waals surface area contributed by atoms with E-state index < -0.39 is 0 Å². The van der Waals surface area contributed by atoms with Gasteiger partial charge in [0.1, 0.15) is 5.76 Å². The van der Waals surface area contributed by atoms with Crippen LogP contribution in [0.4, 0.5) is 5.69 Å². The lowest BCUT2D eigenvalue weighted by Gasteiger charge is -2.00. The van der Waals surface area contributed by atoms with E-state index in [1.165, 1.54) is 23.5 Å². The zero-order valence-electron chi connectivity index (χ0n) is 16.8. The van der Waals surface area contributed by atoms with Crippen LogP contribution in [0.1, 0.15) is 16.9 Å². The summed E-state index contributed by atoms with van der Waals surface area (Å²) in [4.78, 5) is 25.3. The van der Waals surface area contributed by atoms with Crippen molar-refractivity contribution in [2.45, 2.75) is 24.1 Å². The number of carbonyl (C=O) groups excluding carboxylic acids is 1. The molecule has 0 bridgehead atoms. The van der Waals surface area contributed by atoms with Crippen molar-refractivity contribution < 1.29 is 9.21 Å². The molecule has 1 aliphatic rings. The number of benzene rings is 2. The number of furan rings is 1. The number of aryl methyl sites for hydroxylation is 2. The molecule has 4 aromatic rings. The minimum Gasteiger partial charge on any atom is -0.450 e. The van der Waals surface area contributed by atoms with Crippen LogP contribution >= 0.6 is 23.5 Å². The van der Waals surface area contributed by atoms with E-state index in [-0.39, 0.29) is 5.91 Å². The molecule has 0 aliphatic carbocycles. The number of amidine groups is 1. The van der Waals surface area contributed by atoms with Crippen LogP contribution in [-0.4, -0.2) is 21.0 Å². The number of aliphatic imine (C=N–C) groups is 1. The lowest BCUT2D eigenvalue weighted by atomic mass is 10.1. The lowest BCUT2D eigenvalue weighted by Crippen LogP contribution is -2.19. The number of hydrogen-bond donors (Lipinski definition) is 2. The molecular formula is C23H18N4O2S2. The number of rotatable bonds is 4. The maximum atomic E-state index is 12.4. The molecule has 31 heavy (non-hydrogen) atoms. The monoisotopic (exact) mass is 446 g/mol. The Labute approximate surface area is 187 Å². The highest BCUT2D eigenvalue weighted by Crippen LogP contribution is 2.32. The standard InChI is InChI=1S/C23H18N4O2S2/c1-13-9-14(2)11-15(10-13)24-22-27-21(28)19(30-22)12-16-7-8-20(29-16)31-23-25-17-5-3-4-6-18(17)26-23/h3-12H,1-2H3,(H,25,26)(H,24,27,28)/b19-12-. The van der Waals surface area contributed by atoms with Crippen molar-refractivity contribution in [3.8, 4) is 0 Å². The Morgan fingerprint density at radius 3 is 2.71 bits per heavy atom. The molecule has 154 valence electrons. The van der Waals surface area contributed by atoms with Gasteiger partial charge < -0.3 is 14.7 Å². The number of amides is 1. The maximum absolute atomic E-state index is 12.4. The lowest BCUT2D eigenvalue weighted by molar-refractivity contribution is -0.115. The SMILES string of the molecule is Cc1cc(C)cc(N=C2NC(=O)/C(=C/c3ccc(Sc4nc5ccccc5[nH]4)o3)S2)c1. The molecule has 1 saturated heterocycles. The van der Waals surface area contributed by atoms with Crippen molar-refractivity contribution in [1.82, 2.24) is 15.3 Å². The van der Waals surface area contributed by atoms with Gasteiger partial charge in [-0.25, -0.2) is 9.98 Å². The Balaban J connectivity index is 1.32. The topological polar surface area (TPSA) is 83.3 Å². The minimum atomic E-state index is -0.184. The van der Waals surface area contributed by atoms with Crippen molar-refractivity contribution in [2.24, 2.45) is 4.99 Å². The predicted octanol–water partition coefficient (Wildman–Crippen LogP) is 5.82. The summed E-state index contributed by atoms with van der Waals surface area (Å²) in [6.45, 7) is 4.06. The second kappa shape index (κ2) is 8.13. The Bertz CT molecular complexity index is 1310. The summed E-state index contributed by atoms with van der Waals surface area (Å²) in [6.07, 6.45) is 1.73. The summed E-state index contributed by atoms with van der Waals surface area (Å²) in [6, 6.07) is 17.6. The molecule has 0 spiro atoms. The number of aromatic amines is 1. The molecule has 0 radical (unpaired) electrons. The van der Waals surface area contributed by atoms with Crippen molar-refractivity contribution in [1.29, 1.82) is 0 Å². The Morgan fingerprint density at radius 2 is 1.90 bits per heavy atom. The van der Waals surface area contributed by atoms with Gasteiger partial charge in [-0.15, -0.1) is 0 Å². The molecule has 6 nitrogen and oxygen atoms in total. The fraction of sp³-hybridized carbons (Fsp3) is 0.0870. The molecule has 2 aromatic carbocycles. The first-order chi connectivity index (χ1) is 15.0. The number of carbonyl (C=O) groups is 1. The van der Waals surface area contributed by atoms with Crippen molar-refractivity contribution in [3.63, 3.8) is 0 Å². The van der Waals surface area contributed by atoms with Gasteiger partial charge in [0.2, 0.25) is 0 Å². The van der Waals surface area contributed by atoms with Crippen LogP contribution in [0.5, 0.6) is 0 Å². The Kier molecular flexibility index (Phi) is 5.17. The van der Waals surface area contributed by atoms with E-state index in [2.05, 4.69) is 26.3 Å². The first-order valence-corrected chi connectivity index (χ1v) is 11.3. The molecular weight excluding hydrogens is 428 g/mol. The molecule has 1 amide bonds. The fourth-order valence-corrected chi connectivity index (χ4v) is 4.87. The number of hydrogen-bond acceptors (Lipinski definition) is 6. The molecule has 0 atom stereocenters. The number of aromatic nitrogens is 2.